The predicted molar refractivity (Wildman–Crippen MR) is 86.9 cm³/mol. The van der Waals surface area contributed by atoms with Crippen LogP contribution in [0.2, 0.25) is 0 Å². The lowest BCUT2D eigenvalue weighted by atomic mass is 9.89. The summed E-state index contributed by atoms with van der Waals surface area (Å²) in [7, 11) is 0. The van der Waals surface area contributed by atoms with E-state index in [0.29, 0.717) is 16.9 Å². The van der Waals surface area contributed by atoms with E-state index in [4.69, 9.17) is 0 Å². The van der Waals surface area contributed by atoms with Gasteiger partial charge in [-0.3, -0.25) is 9.59 Å². The molecular formula is C18H17FN2O2. The predicted octanol–water partition coefficient (Wildman–Crippen LogP) is 3.51. The van der Waals surface area contributed by atoms with Gasteiger partial charge < -0.3 is 10.6 Å². The Labute approximate surface area is 133 Å². The monoisotopic (exact) mass is 312 g/mol. The van der Waals surface area contributed by atoms with E-state index in [1.54, 1.807) is 6.07 Å². The van der Waals surface area contributed by atoms with Gasteiger partial charge in [-0.05, 0) is 54.8 Å². The highest BCUT2D eigenvalue weighted by Gasteiger charge is 2.31. The Morgan fingerprint density at radius 1 is 1.17 bits per heavy atom. The molecular weight excluding hydrogens is 295 g/mol. The molecule has 1 heterocycles. The topological polar surface area (TPSA) is 58.2 Å². The molecule has 0 spiro atoms. The summed E-state index contributed by atoms with van der Waals surface area (Å²) in [5.41, 5.74) is 3.78. The molecule has 0 aromatic heterocycles. The van der Waals surface area contributed by atoms with Crippen molar-refractivity contribution >= 4 is 23.2 Å². The maximum absolute atomic E-state index is 13.3. The molecule has 2 N–H and O–H groups in total. The molecule has 0 bridgehead atoms. The summed E-state index contributed by atoms with van der Waals surface area (Å²) >= 11 is 0. The minimum absolute atomic E-state index is 0.0509. The second-order valence-electron chi connectivity index (χ2n) is 5.90. The third-order valence-electron chi connectivity index (χ3n) is 3.86. The van der Waals surface area contributed by atoms with Crippen molar-refractivity contribution in [2.75, 3.05) is 10.6 Å². The van der Waals surface area contributed by atoms with E-state index in [1.165, 1.54) is 12.1 Å². The number of rotatable bonds is 2. The molecule has 118 valence electrons. The van der Waals surface area contributed by atoms with Crippen LogP contribution < -0.4 is 10.6 Å². The van der Waals surface area contributed by atoms with E-state index >= 15 is 0 Å². The van der Waals surface area contributed by atoms with Gasteiger partial charge in [0, 0.05) is 17.8 Å². The molecule has 23 heavy (non-hydrogen) atoms. The number of carbonyl (C=O) groups excluding carboxylic acids is 2. The molecule has 5 heteroatoms. The first kappa shape index (κ1) is 15.2. The Morgan fingerprint density at radius 2 is 1.87 bits per heavy atom. The van der Waals surface area contributed by atoms with Crippen LogP contribution in [0.5, 0.6) is 0 Å². The number of hydrogen-bond donors (Lipinski definition) is 2. The molecule has 1 atom stereocenters. The molecule has 1 aliphatic heterocycles. The molecule has 0 unspecified atom stereocenters. The molecule has 0 fully saturated rings. The van der Waals surface area contributed by atoms with Crippen LogP contribution in [0.1, 0.15) is 29.0 Å². The minimum Gasteiger partial charge on any atom is -0.326 e. The summed E-state index contributed by atoms with van der Waals surface area (Å²) in [5.74, 6) is -1.62. The van der Waals surface area contributed by atoms with E-state index in [1.807, 2.05) is 32.0 Å². The normalized spacial score (nSPS) is 16.5. The Kier molecular flexibility index (Phi) is 3.86. The molecule has 0 saturated heterocycles. The summed E-state index contributed by atoms with van der Waals surface area (Å²) in [5, 5.41) is 5.47. The maximum atomic E-state index is 13.3. The second-order valence-corrected chi connectivity index (χ2v) is 5.90. The minimum atomic E-state index is -0.625. The van der Waals surface area contributed by atoms with Crippen LogP contribution in [-0.2, 0) is 9.59 Å². The van der Waals surface area contributed by atoms with E-state index in [2.05, 4.69) is 10.6 Å². The maximum Gasteiger partial charge on any atom is 0.232 e. The number of hydrogen-bond acceptors (Lipinski definition) is 2. The van der Waals surface area contributed by atoms with Gasteiger partial charge >= 0.3 is 0 Å². The van der Waals surface area contributed by atoms with Gasteiger partial charge in [0.05, 0.1) is 5.92 Å². The van der Waals surface area contributed by atoms with Gasteiger partial charge in [0.2, 0.25) is 11.8 Å². The molecule has 3 rings (SSSR count). The Balaban J connectivity index is 1.89. The highest BCUT2D eigenvalue weighted by atomic mass is 19.1. The first-order valence-corrected chi connectivity index (χ1v) is 7.41. The van der Waals surface area contributed by atoms with Crippen molar-refractivity contribution in [2.24, 2.45) is 0 Å². The van der Waals surface area contributed by atoms with Crippen LogP contribution in [0.25, 0.3) is 0 Å². The molecule has 0 saturated carbocycles. The summed E-state index contributed by atoms with van der Waals surface area (Å²) < 4.78 is 13.3. The van der Waals surface area contributed by atoms with Gasteiger partial charge in [-0.2, -0.15) is 0 Å². The Bertz CT molecular complexity index is 781. The van der Waals surface area contributed by atoms with Crippen molar-refractivity contribution in [3.8, 4) is 0 Å². The van der Waals surface area contributed by atoms with Crippen LogP contribution in [0.4, 0.5) is 15.8 Å². The van der Waals surface area contributed by atoms with Gasteiger partial charge in [-0.25, -0.2) is 4.39 Å². The van der Waals surface area contributed by atoms with Gasteiger partial charge in [-0.1, -0.05) is 12.1 Å². The number of fused-ring (bicyclic) bond motifs is 1. The third-order valence-corrected chi connectivity index (χ3v) is 3.86. The van der Waals surface area contributed by atoms with Crippen molar-refractivity contribution in [3.05, 3.63) is 58.9 Å². The summed E-state index contributed by atoms with van der Waals surface area (Å²) in [6, 6.07) is 9.85. The quantitative estimate of drug-likeness (QED) is 0.891. The number of anilines is 2. The van der Waals surface area contributed by atoms with Crippen molar-refractivity contribution in [1.29, 1.82) is 0 Å². The first-order valence-electron chi connectivity index (χ1n) is 7.41. The van der Waals surface area contributed by atoms with Crippen LogP contribution in [0.15, 0.2) is 36.4 Å². The summed E-state index contributed by atoms with van der Waals surface area (Å²) in [4.78, 5) is 24.4. The molecule has 0 aliphatic carbocycles. The lowest BCUT2D eigenvalue weighted by Crippen LogP contribution is -2.30. The number of nitrogens with one attached hydrogen (secondary N) is 2. The second kappa shape index (κ2) is 5.83. The van der Waals surface area contributed by atoms with E-state index in [-0.39, 0.29) is 18.2 Å². The number of benzene rings is 2. The van der Waals surface area contributed by atoms with Gasteiger partial charge in [0.25, 0.3) is 0 Å². The summed E-state index contributed by atoms with van der Waals surface area (Å²) in [6.45, 7) is 3.91. The highest BCUT2D eigenvalue weighted by Crippen LogP contribution is 2.33. The fourth-order valence-electron chi connectivity index (χ4n) is 2.95. The van der Waals surface area contributed by atoms with Crippen LogP contribution in [-0.4, -0.2) is 11.8 Å². The lowest BCUT2D eigenvalue weighted by Gasteiger charge is -2.25. The van der Waals surface area contributed by atoms with Gasteiger partial charge in [0.15, 0.2) is 0 Å². The molecule has 0 radical (unpaired) electrons. The smallest absolute Gasteiger partial charge is 0.232 e. The van der Waals surface area contributed by atoms with E-state index < -0.39 is 11.7 Å². The largest absolute Gasteiger partial charge is 0.326 e. The molecule has 2 aromatic carbocycles. The van der Waals surface area contributed by atoms with Crippen molar-refractivity contribution in [2.45, 2.75) is 26.2 Å². The number of amides is 2. The van der Waals surface area contributed by atoms with Gasteiger partial charge in [-0.15, -0.1) is 0 Å². The Morgan fingerprint density at radius 3 is 2.57 bits per heavy atom. The molecule has 2 amide bonds. The Hall–Kier alpha value is -2.69. The summed E-state index contributed by atoms with van der Waals surface area (Å²) in [6.07, 6.45) is 0.0509. The van der Waals surface area contributed by atoms with Crippen molar-refractivity contribution < 1.29 is 14.0 Å². The number of aryl methyl sites for hydroxylation is 2. The number of halogens is 1. The van der Waals surface area contributed by atoms with Crippen LogP contribution in [0, 0.1) is 19.7 Å². The third kappa shape index (κ3) is 3.23. The van der Waals surface area contributed by atoms with E-state index in [0.717, 1.165) is 11.1 Å². The van der Waals surface area contributed by atoms with Crippen molar-refractivity contribution in [1.82, 2.24) is 0 Å². The lowest BCUT2D eigenvalue weighted by molar-refractivity contribution is -0.123. The standard InChI is InChI=1S/C18H17FN2O2/c1-10-5-11(2)7-13(6-10)20-18(23)15-9-17(22)21-16-8-12(19)3-4-14(15)16/h3-8,15H,9H2,1-2H3,(H,20,23)(H,21,22)/t15-/m1/s1. The molecule has 4 nitrogen and oxygen atoms in total. The zero-order valence-corrected chi connectivity index (χ0v) is 12.9. The van der Waals surface area contributed by atoms with Crippen LogP contribution in [0.3, 0.4) is 0 Å². The molecule has 1 aliphatic rings. The average molecular weight is 312 g/mol. The fourth-order valence-corrected chi connectivity index (χ4v) is 2.95. The zero-order valence-electron chi connectivity index (χ0n) is 12.9. The first-order chi connectivity index (χ1) is 10.9. The van der Waals surface area contributed by atoms with Gasteiger partial charge in [0.1, 0.15) is 5.82 Å². The SMILES string of the molecule is Cc1cc(C)cc(NC(=O)[C@@H]2CC(=O)Nc3cc(F)ccc32)c1. The molecule has 2 aromatic rings. The highest BCUT2D eigenvalue weighted by molar-refractivity contribution is 6.05. The number of carbonyl (C=O) groups is 2. The average Bonchev–Trinajstić information content (AvgIpc) is 2.44. The van der Waals surface area contributed by atoms with E-state index in [9.17, 15) is 14.0 Å². The van der Waals surface area contributed by atoms with Crippen molar-refractivity contribution in [3.63, 3.8) is 0 Å². The fraction of sp³-hybridized carbons (Fsp3) is 0.222. The van der Waals surface area contributed by atoms with Crippen LogP contribution >= 0.6 is 0 Å². The zero-order chi connectivity index (χ0) is 16.6.